The molecule has 0 fully saturated rings. The minimum absolute atomic E-state index is 0.00238. The van der Waals surface area contributed by atoms with Crippen LogP contribution in [0.1, 0.15) is 49.5 Å². The van der Waals surface area contributed by atoms with Crippen LogP contribution >= 0.6 is 23.1 Å². The molecule has 18 heavy (non-hydrogen) atoms. The molecule has 0 aromatic carbocycles. The number of carbonyl (C=O) groups is 1. The molecule has 6 heteroatoms. The highest BCUT2D eigenvalue weighted by molar-refractivity contribution is 7.08. The number of alkyl halides is 1. The summed E-state index contributed by atoms with van der Waals surface area (Å²) >= 11 is 6.91. The number of nitrogens with zero attached hydrogens (tertiary/aromatic N) is 3. The highest BCUT2D eigenvalue weighted by atomic mass is 35.5. The van der Waals surface area contributed by atoms with Crippen LogP contribution in [0.3, 0.4) is 0 Å². The molecule has 0 unspecified atom stereocenters. The van der Waals surface area contributed by atoms with Crippen molar-refractivity contribution in [1.29, 1.82) is 0 Å². The molecule has 0 aliphatic carbocycles. The molecular weight excluding hydrogens is 270 g/mol. The van der Waals surface area contributed by atoms with Crippen LogP contribution in [0.5, 0.6) is 0 Å². The average molecular weight is 290 g/mol. The molecule has 0 saturated heterocycles. The van der Waals surface area contributed by atoms with Crippen LogP contribution in [-0.4, -0.2) is 39.4 Å². The normalized spacial score (nSPS) is 11.6. The third-order valence-corrected chi connectivity index (χ3v) is 3.41. The number of halogens is 1. The minimum Gasteiger partial charge on any atom is -0.337 e. The van der Waals surface area contributed by atoms with Gasteiger partial charge in [-0.1, -0.05) is 32.2 Å². The lowest BCUT2D eigenvalue weighted by molar-refractivity contribution is 0.0767. The van der Waals surface area contributed by atoms with E-state index in [0.717, 1.165) is 12.1 Å². The number of hydrogen-bond donors (Lipinski definition) is 0. The van der Waals surface area contributed by atoms with Gasteiger partial charge in [0.05, 0.1) is 5.69 Å². The first-order valence-electron chi connectivity index (χ1n) is 6.09. The molecule has 0 atom stereocenters. The van der Waals surface area contributed by atoms with Crippen LogP contribution < -0.4 is 0 Å². The Morgan fingerprint density at radius 1 is 1.39 bits per heavy atom. The lowest BCUT2D eigenvalue weighted by atomic mass is 9.91. The molecular formula is C12H20ClN3OS. The molecule has 0 bridgehead atoms. The first kappa shape index (κ1) is 15.4. The van der Waals surface area contributed by atoms with Gasteiger partial charge in [-0.2, -0.15) is 0 Å². The van der Waals surface area contributed by atoms with E-state index in [1.54, 1.807) is 4.90 Å². The second-order valence-electron chi connectivity index (χ2n) is 5.18. The summed E-state index contributed by atoms with van der Waals surface area (Å²) in [6, 6.07) is 0. The van der Waals surface area contributed by atoms with Gasteiger partial charge in [0.25, 0.3) is 5.91 Å². The van der Waals surface area contributed by atoms with E-state index in [1.165, 1.54) is 11.5 Å². The van der Waals surface area contributed by atoms with Gasteiger partial charge in [-0.3, -0.25) is 4.79 Å². The van der Waals surface area contributed by atoms with Gasteiger partial charge < -0.3 is 4.90 Å². The zero-order valence-corrected chi connectivity index (χ0v) is 12.9. The summed E-state index contributed by atoms with van der Waals surface area (Å²) in [5.74, 6) is 0.445. The summed E-state index contributed by atoms with van der Waals surface area (Å²) in [5, 5.41) is 4.10. The van der Waals surface area contributed by atoms with Crippen LogP contribution in [0.2, 0.25) is 0 Å². The van der Waals surface area contributed by atoms with E-state index < -0.39 is 0 Å². The first-order valence-corrected chi connectivity index (χ1v) is 7.40. The number of rotatable bonds is 5. The zero-order chi connectivity index (χ0) is 13.8. The van der Waals surface area contributed by atoms with Crippen LogP contribution in [0.25, 0.3) is 0 Å². The summed E-state index contributed by atoms with van der Waals surface area (Å²) in [6.45, 7) is 9.43. The number of aromatic nitrogens is 2. The Kier molecular flexibility index (Phi) is 5.53. The predicted molar refractivity (Wildman–Crippen MR) is 75.5 cm³/mol. The van der Waals surface area contributed by atoms with Crippen LogP contribution in [0.15, 0.2) is 0 Å². The largest absolute Gasteiger partial charge is 0.337 e. The van der Waals surface area contributed by atoms with Gasteiger partial charge in [0, 0.05) is 24.4 Å². The maximum atomic E-state index is 12.5. The molecule has 102 valence electrons. The monoisotopic (exact) mass is 289 g/mol. The van der Waals surface area contributed by atoms with Crippen molar-refractivity contribution in [3.8, 4) is 0 Å². The number of amides is 1. The molecule has 4 nitrogen and oxygen atoms in total. The Bertz CT molecular complexity index is 394. The van der Waals surface area contributed by atoms with Gasteiger partial charge in [-0.15, -0.1) is 16.7 Å². The van der Waals surface area contributed by atoms with Crippen molar-refractivity contribution in [3.63, 3.8) is 0 Å². The summed E-state index contributed by atoms with van der Waals surface area (Å²) < 4.78 is 3.92. The Morgan fingerprint density at radius 2 is 2.06 bits per heavy atom. The third kappa shape index (κ3) is 3.65. The zero-order valence-electron chi connectivity index (χ0n) is 11.4. The van der Waals surface area contributed by atoms with E-state index in [-0.39, 0.29) is 11.3 Å². The van der Waals surface area contributed by atoms with Crippen LogP contribution in [0.4, 0.5) is 0 Å². The second kappa shape index (κ2) is 6.48. The van der Waals surface area contributed by atoms with Crippen molar-refractivity contribution in [1.82, 2.24) is 14.5 Å². The molecule has 1 amide bonds. The highest BCUT2D eigenvalue weighted by Crippen LogP contribution is 2.26. The van der Waals surface area contributed by atoms with Crippen molar-refractivity contribution >= 4 is 29.0 Å². The maximum absolute atomic E-state index is 12.5. The van der Waals surface area contributed by atoms with Gasteiger partial charge >= 0.3 is 0 Å². The number of hydrogen-bond acceptors (Lipinski definition) is 4. The standard InChI is InChI=1S/C12H20ClN3OS/c1-5-7-16(8-6-13)11(17)9-10(12(2,3)4)14-15-18-9/h5-8H2,1-4H3. The fourth-order valence-corrected chi connectivity index (χ4v) is 2.70. The Morgan fingerprint density at radius 3 is 2.56 bits per heavy atom. The van der Waals surface area contributed by atoms with E-state index in [4.69, 9.17) is 11.6 Å². The van der Waals surface area contributed by atoms with Gasteiger partial charge in [0.15, 0.2) is 0 Å². The molecule has 0 radical (unpaired) electrons. The molecule has 0 spiro atoms. The lowest BCUT2D eigenvalue weighted by Crippen LogP contribution is -2.34. The molecule has 1 aromatic rings. The lowest BCUT2D eigenvalue weighted by Gasteiger charge is -2.22. The van der Waals surface area contributed by atoms with Gasteiger partial charge in [-0.25, -0.2) is 0 Å². The smallest absolute Gasteiger partial charge is 0.267 e. The SMILES string of the molecule is CCCN(CCCl)C(=O)c1snnc1C(C)(C)C. The summed E-state index contributed by atoms with van der Waals surface area (Å²) in [4.78, 5) is 14.9. The van der Waals surface area contributed by atoms with E-state index >= 15 is 0 Å². The van der Waals surface area contributed by atoms with Crippen molar-refractivity contribution in [2.45, 2.75) is 39.5 Å². The Hall–Kier alpha value is -0.680. The summed E-state index contributed by atoms with van der Waals surface area (Å²) in [6.07, 6.45) is 0.916. The predicted octanol–water partition coefficient (Wildman–Crippen LogP) is 2.93. The van der Waals surface area contributed by atoms with E-state index in [0.29, 0.717) is 23.8 Å². The van der Waals surface area contributed by atoms with E-state index in [2.05, 4.69) is 9.59 Å². The maximum Gasteiger partial charge on any atom is 0.267 e. The third-order valence-electron chi connectivity index (χ3n) is 2.53. The summed E-state index contributed by atoms with van der Waals surface area (Å²) in [5.41, 5.74) is 0.602. The second-order valence-corrected chi connectivity index (χ2v) is 6.31. The highest BCUT2D eigenvalue weighted by Gasteiger charge is 2.28. The molecule has 1 heterocycles. The topological polar surface area (TPSA) is 46.1 Å². The molecule has 1 rings (SSSR count). The number of carbonyl (C=O) groups excluding carboxylic acids is 1. The molecule has 0 aliphatic heterocycles. The van der Waals surface area contributed by atoms with Gasteiger partial charge in [0.1, 0.15) is 4.88 Å². The molecule has 1 aromatic heterocycles. The van der Waals surface area contributed by atoms with Gasteiger partial charge in [0.2, 0.25) is 0 Å². The molecule has 0 aliphatic rings. The van der Waals surface area contributed by atoms with Crippen molar-refractivity contribution in [2.24, 2.45) is 0 Å². The van der Waals surface area contributed by atoms with Crippen molar-refractivity contribution < 1.29 is 4.79 Å². The first-order chi connectivity index (χ1) is 8.41. The average Bonchev–Trinajstić information content (AvgIpc) is 2.76. The molecule has 0 saturated carbocycles. The fraction of sp³-hybridized carbons (Fsp3) is 0.750. The summed E-state index contributed by atoms with van der Waals surface area (Å²) in [7, 11) is 0. The molecule has 0 N–H and O–H groups in total. The Labute approximate surface area is 117 Å². The fourth-order valence-electron chi connectivity index (χ4n) is 1.65. The van der Waals surface area contributed by atoms with Crippen LogP contribution in [-0.2, 0) is 5.41 Å². The quantitative estimate of drug-likeness (QED) is 0.783. The van der Waals surface area contributed by atoms with Crippen molar-refractivity contribution in [2.75, 3.05) is 19.0 Å². The van der Waals surface area contributed by atoms with Crippen molar-refractivity contribution in [3.05, 3.63) is 10.6 Å². The van der Waals surface area contributed by atoms with Gasteiger partial charge in [-0.05, 0) is 18.0 Å². The van der Waals surface area contributed by atoms with E-state index in [9.17, 15) is 4.79 Å². The minimum atomic E-state index is -0.170. The van der Waals surface area contributed by atoms with E-state index in [1.807, 2.05) is 27.7 Å². The Balaban J connectivity index is 2.98. The van der Waals surface area contributed by atoms with Crippen LogP contribution in [0, 0.1) is 0 Å².